The number of nitrogens with one attached hydrogen (secondary N) is 1. The Bertz CT molecular complexity index is 627. The van der Waals surface area contributed by atoms with E-state index in [1.165, 1.54) is 5.57 Å². The molecule has 0 aliphatic heterocycles. The van der Waals surface area contributed by atoms with Crippen LogP contribution in [-0.2, 0) is 5.41 Å². The summed E-state index contributed by atoms with van der Waals surface area (Å²) >= 11 is 0. The minimum Gasteiger partial charge on any atom is -0.352 e. The molecule has 2 saturated carbocycles. The topological polar surface area (TPSA) is 52.9 Å². The van der Waals surface area contributed by atoms with Crippen molar-refractivity contribution in [3.8, 4) is 6.07 Å². The standard InChI is InChI=1S/C19H22N2O/c1-14-5-7-15(8-6-14)12-21-18(22)16-3-2-4-17(11-16)19(13-20)9-10-19/h2-4,11,15H,1,5-10,12H2,(H,21,22). The summed E-state index contributed by atoms with van der Waals surface area (Å²) in [5.41, 5.74) is 2.65. The van der Waals surface area contributed by atoms with E-state index in [9.17, 15) is 10.1 Å². The van der Waals surface area contributed by atoms with E-state index < -0.39 is 0 Å². The van der Waals surface area contributed by atoms with Crippen molar-refractivity contribution in [1.82, 2.24) is 5.32 Å². The van der Waals surface area contributed by atoms with Crippen LogP contribution in [0, 0.1) is 17.2 Å². The third-order valence-electron chi connectivity index (χ3n) is 5.00. The van der Waals surface area contributed by atoms with Crippen molar-refractivity contribution in [3.05, 3.63) is 47.5 Å². The Kier molecular flexibility index (Phi) is 4.02. The van der Waals surface area contributed by atoms with Crippen molar-refractivity contribution in [2.45, 2.75) is 43.9 Å². The normalized spacial score (nSPS) is 20.2. The highest BCUT2D eigenvalue weighted by molar-refractivity contribution is 5.94. The Labute approximate surface area is 132 Å². The number of carbonyl (C=O) groups excluding carboxylic acids is 1. The lowest BCUT2D eigenvalue weighted by Crippen LogP contribution is -2.30. The molecule has 22 heavy (non-hydrogen) atoms. The summed E-state index contributed by atoms with van der Waals surface area (Å²) in [6.45, 7) is 4.76. The molecular weight excluding hydrogens is 272 g/mol. The van der Waals surface area contributed by atoms with E-state index in [4.69, 9.17) is 0 Å². The summed E-state index contributed by atoms with van der Waals surface area (Å²) in [4.78, 5) is 12.3. The summed E-state index contributed by atoms with van der Waals surface area (Å²) in [7, 11) is 0. The molecule has 2 aliphatic rings. The van der Waals surface area contributed by atoms with E-state index in [2.05, 4.69) is 18.0 Å². The van der Waals surface area contributed by atoms with Crippen LogP contribution in [-0.4, -0.2) is 12.5 Å². The Morgan fingerprint density at radius 3 is 2.73 bits per heavy atom. The quantitative estimate of drug-likeness (QED) is 0.860. The van der Waals surface area contributed by atoms with Crippen LogP contribution in [0.1, 0.15) is 54.4 Å². The summed E-state index contributed by atoms with van der Waals surface area (Å²) in [6, 6.07) is 9.93. The molecule has 114 valence electrons. The minimum absolute atomic E-state index is 0.0278. The number of rotatable bonds is 4. The second kappa shape index (κ2) is 5.96. The van der Waals surface area contributed by atoms with Crippen LogP contribution in [0.4, 0.5) is 0 Å². The largest absolute Gasteiger partial charge is 0.352 e. The second-order valence-electron chi connectivity index (χ2n) is 6.68. The summed E-state index contributed by atoms with van der Waals surface area (Å²) in [5.74, 6) is 0.534. The number of nitriles is 1. The molecule has 2 fully saturated rings. The second-order valence-corrected chi connectivity index (χ2v) is 6.68. The number of carbonyl (C=O) groups is 1. The Balaban J connectivity index is 1.60. The van der Waals surface area contributed by atoms with Crippen LogP contribution >= 0.6 is 0 Å². The zero-order valence-corrected chi connectivity index (χ0v) is 12.9. The van der Waals surface area contributed by atoms with E-state index >= 15 is 0 Å². The molecule has 1 aromatic rings. The predicted molar refractivity (Wildman–Crippen MR) is 86.4 cm³/mol. The van der Waals surface area contributed by atoms with E-state index in [-0.39, 0.29) is 11.3 Å². The molecule has 0 spiro atoms. The Hall–Kier alpha value is -2.08. The monoisotopic (exact) mass is 294 g/mol. The zero-order valence-electron chi connectivity index (χ0n) is 12.9. The van der Waals surface area contributed by atoms with Gasteiger partial charge in [0.05, 0.1) is 11.5 Å². The number of hydrogen-bond acceptors (Lipinski definition) is 2. The van der Waals surface area contributed by atoms with Gasteiger partial charge in [0.15, 0.2) is 0 Å². The van der Waals surface area contributed by atoms with Gasteiger partial charge in [0.25, 0.3) is 5.91 Å². The van der Waals surface area contributed by atoms with Crippen LogP contribution in [0.5, 0.6) is 0 Å². The van der Waals surface area contributed by atoms with Crippen molar-refractivity contribution < 1.29 is 4.79 Å². The summed E-state index contributed by atoms with van der Waals surface area (Å²) < 4.78 is 0. The average molecular weight is 294 g/mol. The number of amides is 1. The molecule has 0 heterocycles. The van der Waals surface area contributed by atoms with E-state index in [1.54, 1.807) is 0 Å². The molecule has 0 unspecified atom stereocenters. The first-order chi connectivity index (χ1) is 10.6. The van der Waals surface area contributed by atoms with Crippen molar-refractivity contribution in [2.24, 2.45) is 5.92 Å². The smallest absolute Gasteiger partial charge is 0.251 e. The molecule has 3 heteroatoms. The van der Waals surface area contributed by atoms with Crippen molar-refractivity contribution >= 4 is 5.91 Å². The van der Waals surface area contributed by atoms with Gasteiger partial charge in [-0.25, -0.2) is 0 Å². The fourth-order valence-corrected chi connectivity index (χ4v) is 3.18. The predicted octanol–water partition coefficient (Wildman–Crippen LogP) is 3.72. The van der Waals surface area contributed by atoms with Gasteiger partial charge in [-0.1, -0.05) is 24.3 Å². The SMILES string of the molecule is C=C1CCC(CNC(=O)c2cccc(C3(C#N)CC3)c2)CC1. The third-order valence-corrected chi connectivity index (χ3v) is 5.00. The first kappa shape index (κ1) is 14.8. The van der Waals surface area contributed by atoms with Gasteiger partial charge in [0.1, 0.15) is 0 Å². The summed E-state index contributed by atoms with van der Waals surface area (Å²) in [5, 5.41) is 12.3. The highest BCUT2D eigenvalue weighted by Crippen LogP contribution is 2.47. The highest BCUT2D eigenvalue weighted by Gasteiger charge is 2.44. The van der Waals surface area contributed by atoms with Crippen LogP contribution in [0.15, 0.2) is 36.4 Å². The van der Waals surface area contributed by atoms with Gasteiger partial charge in [-0.2, -0.15) is 5.26 Å². The number of nitrogens with zero attached hydrogens (tertiary/aromatic N) is 1. The fourth-order valence-electron chi connectivity index (χ4n) is 3.18. The lowest BCUT2D eigenvalue weighted by Gasteiger charge is -2.23. The van der Waals surface area contributed by atoms with Gasteiger partial charge in [-0.15, -0.1) is 0 Å². The Morgan fingerprint density at radius 1 is 1.36 bits per heavy atom. The van der Waals surface area contributed by atoms with Gasteiger partial charge in [0.2, 0.25) is 0 Å². The number of hydrogen-bond donors (Lipinski definition) is 1. The highest BCUT2D eigenvalue weighted by atomic mass is 16.1. The van der Waals surface area contributed by atoms with Gasteiger partial charge < -0.3 is 5.32 Å². The molecule has 2 aliphatic carbocycles. The fraction of sp³-hybridized carbons (Fsp3) is 0.474. The first-order valence-electron chi connectivity index (χ1n) is 8.10. The van der Waals surface area contributed by atoms with E-state index in [0.29, 0.717) is 11.5 Å². The molecule has 3 nitrogen and oxygen atoms in total. The molecule has 0 bridgehead atoms. The maximum absolute atomic E-state index is 12.3. The van der Waals surface area contributed by atoms with Gasteiger partial charge in [-0.05, 0) is 62.1 Å². The van der Waals surface area contributed by atoms with Gasteiger partial charge in [0, 0.05) is 12.1 Å². The maximum Gasteiger partial charge on any atom is 0.251 e. The van der Waals surface area contributed by atoms with Crippen LogP contribution in [0.2, 0.25) is 0 Å². The van der Waals surface area contributed by atoms with Gasteiger partial charge >= 0.3 is 0 Å². The van der Waals surface area contributed by atoms with Gasteiger partial charge in [-0.3, -0.25) is 4.79 Å². The molecular formula is C19H22N2O. The lowest BCUT2D eigenvalue weighted by atomic mass is 9.86. The molecule has 3 rings (SSSR count). The summed E-state index contributed by atoms with van der Waals surface area (Å²) in [6.07, 6.45) is 6.22. The molecule has 1 aromatic carbocycles. The number of allylic oxidation sites excluding steroid dienone is 1. The zero-order chi connectivity index (χ0) is 15.6. The average Bonchev–Trinajstić information content (AvgIpc) is 3.35. The third kappa shape index (κ3) is 3.06. The lowest BCUT2D eigenvalue weighted by molar-refractivity contribution is 0.0944. The van der Waals surface area contributed by atoms with E-state index in [0.717, 1.165) is 50.6 Å². The Morgan fingerprint density at radius 2 is 2.09 bits per heavy atom. The number of benzene rings is 1. The molecule has 0 aromatic heterocycles. The first-order valence-corrected chi connectivity index (χ1v) is 8.10. The minimum atomic E-state index is -0.333. The van der Waals surface area contributed by atoms with Crippen LogP contribution < -0.4 is 5.32 Å². The molecule has 0 atom stereocenters. The van der Waals surface area contributed by atoms with E-state index in [1.807, 2.05) is 24.3 Å². The van der Waals surface area contributed by atoms with Crippen molar-refractivity contribution in [2.75, 3.05) is 6.54 Å². The molecule has 0 saturated heterocycles. The van der Waals surface area contributed by atoms with Crippen molar-refractivity contribution in [1.29, 1.82) is 5.26 Å². The van der Waals surface area contributed by atoms with Crippen LogP contribution in [0.25, 0.3) is 0 Å². The molecule has 0 radical (unpaired) electrons. The maximum atomic E-state index is 12.3. The van der Waals surface area contributed by atoms with Crippen molar-refractivity contribution in [3.63, 3.8) is 0 Å². The molecule has 1 N–H and O–H groups in total. The molecule has 1 amide bonds. The van der Waals surface area contributed by atoms with Crippen LogP contribution in [0.3, 0.4) is 0 Å².